The van der Waals surface area contributed by atoms with Gasteiger partial charge in [-0.05, 0) is 43.2 Å². The van der Waals surface area contributed by atoms with E-state index in [1.54, 1.807) is 13.2 Å². The average Bonchev–Trinajstić information content (AvgIpc) is 2.69. The molecule has 1 saturated heterocycles. The Balaban J connectivity index is 1.59. The fourth-order valence-electron chi connectivity index (χ4n) is 3.46. The summed E-state index contributed by atoms with van der Waals surface area (Å²) < 4.78 is 5.14. The summed E-state index contributed by atoms with van der Waals surface area (Å²) >= 11 is 0. The Morgan fingerprint density at radius 3 is 2.64 bits per heavy atom. The molecule has 1 aromatic carbocycles. The van der Waals surface area contributed by atoms with Crippen LogP contribution in [0.25, 0.3) is 6.08 Å². The number of aryl methyl sites for hydroxylation is 2. The van der Waals surface area contributed by atoms with Gasteiger partial charge in [0.15, 0.2) is 11.5 Å². The smallest absolute Gasteiger partial charge is 0.161 e. The predicted octanol–water partition coefficient (Wildman–Crippen LogP) is 3.12. The van der Waals surface area contributed by atoms with E-state index in [4.69, 9.17) is 4.74 Å². The fourth-order valence-corrected chi connectivity index (χ4v) is 3.46. The number of aromatic hydroxyl groups is 1. The summed E-state index contributed by atoms with van der Waals surface area (Å²) in [5, 5.41) is 19.2. The van der Waals surface area contributed by atoms with Crippen molar-refractivity contribution >= 4 is 11.9 Å². The van der Waals surface area contributed by atoms with Crippen LogP contribution >= 0.6 is 0 Å². The highest BCUT2D eigenvalue weighted by molar-refractivity contribution is 5.58. The number of phenolic OH excluding ortho intramolecular Hbond substituents is 1. The third kappa shape index (κ3) is 4.44. The number of nitrogens with zero attached hydrogens (tertiary/aromatic N) is 4. The number of hydrogen-bond donors (Lipinski definition) is 1. The first-order chi connectivity index (χ1) is 13.5. The Labute approximate surface area is 166 Å². The van der Waals surface area contributed by atoms with Crippen molar-refractivity contribution in [1.82, 2.24) is 9.88 Å². The van der Waals surface area contributed by atoms with Crippen LogP contribution < -0.4 is 9.64 Å². The molecule has 0 saturated carbocycles. The van der Waals surface area contributed by atoms with Gasteiger partial charge in [-0.1, -0.05) is 18.2 Å². The van der Waals surface area contributed by atoms with Gasteiger partial charge in [0.2, 0.25) is 0 Å². The van der Waals surface area contributed by atoms with Crippen LogP contribution in [0.1, 0.15) is 22.4 Å². The van der Waals surface area contributed by atoms with E-state index in [1.807, 2.05) is 38.1 Å². The van der Waals surface area contributed by atoms with Crippen molar-refractivity contribution in [1.29, 1.82) is 5.26 Å². The Bertz CT molecular complexity index is 909. The van der Waals surface area contributed by atoms with Gasteiger partial charge >= 0.3 is 0 Å². The largest absolute Gasteiger partial charge is 0.504 e. The highest BCUT2D eigenvalue weighted by Crippen LogP contribution is 2.27. The summed E-state index contributed by atoms with van der Waals surface area (Å²) in [7, 11) is 1.55. The Kier molecular flexibility index (Phi) is 6.17. The zero-order valence-electron chi connectivity index (χ0n) is 16.6. The number of aromatic nitrogens is 1. The SMILES string of the molecule is COc1cc(/C=C/CN2CCN(c3nc(C)cc(C)c3C#N)CC2)ccc1O. The van der Waals surface area contributed by atoms with E-state index in [1.165, 1.54) is 0 Å². The van der Waals surface area contributed by atoms with E-state index in [-0.39, 0.29) is 5.75 Å². The lowest BCUT2D eigenvalue weighted by atomic mass is 10.1. The minimum atomic E-state index is 0.146. The van der Waals surface area contributed by atoms with Crippen LogP contribution in [0.5, 0.6) is 11.5 Å². The van der Waals surface area contributed by atoms with Crippen LogP contribution in [0, 0.1) is 25.2 Å². The van der Waals surface area contributed by atoms with Gasteiger partial charge in [0.1, 0.15) is 11.9 Å². The predicted molar refractivity (Wildman–Crippen MR) is 111 cm³/mol. The lowest BCUT2D eigenvalue weighted by molar-refractivity contribution is 0.283. The molecule has 28 heavy (non-hydrogen) atoms. The molecule has 0 spiro atoms. The van der Waals surface area contributed by atoms with Crippen molar-refractivity contribution in [2.24, 2.45) is 0 Å². The van der Waals surface area contributed by atoms with E-state index in [0.29, 0.717) is 11.3 Å². The summed E-state index contributed by atoms with van der Waals surface area (Å²) in [6.07, 6.45) is 4.16. The number of rotatable bonds is 5. The average molecular weight is 378 g/mol. The number of pyridine rings is 1. The van der Waals surface area contributed by atoms with Crippen LogP contribution in [0.15, 0.2) is 30.3 Å². The van der Waals surface area contributed by atoms with Gasteiger partial charge in [-0.25, -0.2) is 4.98 Å². The highest BCUT2D eigenvalue weighted by Gasteiger charge is 2.21. The summed E-state index contributed by atoms with van der Waals surface area (Å²) in [5.41, 5.74) is 3.60. The summed E-state index contributed by atoms with van der Waals surface area (Å²) in [6, 6.07) is 9.59. The van der Waals surface area contributed by atoms with Crippen molar-refractivity contribution in [3.63, 3.8) is 0 Å². The molecule has 0 unspecified atom stereocenters. The zero-order valence-corrected chi connectivity index (χ0v) is 16.6. The number of ether oxygens (including phenoxy) is 1. The topological polar surface area (TPSA) is 72.6 Å². The van der Waals surface area contributed by atoms with E-state index in [9.17, 15) is 10.4 Å². The molecule has 3 rings (SSSR count). The van der Waals surface area contributed by atoms with Crippen molar-refractivity contribution in [3.8, 4) is 17.6 Å². The first kappa shape index (κ1) is 19.7. The van der Waals surface area contributed by atoms with Crippen molar-refractivity contribution in [3.05, 3.63) is 52.7 Å². The van der Waals surface area contributed by atoms with E-state index in [2.05, 4.69) is 26.9 Å². The molecule has 1 aliphatic heterocycles. The van der Waals surface area contributed by atoms with Crippen molar-refractivity contribution in [2.75, 3.05) is 44.7 Å². The number of methoxy groups -OCH3 is 1. The molecule has 146 valence electrons. The maximum absolute atomic E-state index is 9.67. The van der Waals surface area contributed by atoms with Gasteiger partial charge in [0, 0.05) is 38.4 Å². The number of anilines is 1. The molecular weight excluding hydrogens is 352 g/mol. The van der Waals surface area contributed by atoms with Crippen molar-refractivity contribution in [2.45, 2.75) is 13.8 Å². The zero-order chi connectivity index (χ0) is 20.1. The number of nitriles is 1. The monoisotopic (exact) mass is 378 g/mol. The van der Waals surface area contributed by atoms with Crippen LogP contribution in [0.2, 0.25) is 0 Å². The Morgan fingerprint density at radius 1 is 1.21 bits per heavy atom. The fraction of sp³-hybridized carbons (Fsp3) is 0.364. The first-order valence-electron chi connectivity index (χ1n) is 9.41. The van der Waals surface area contributed by atoms with E-state index < -0.39 is 0 Å². The van der Waals surface area contributed by atoms with Gasteiger partial charge in [-0.15, -0.1) is 0 Å². The molecule has 1 aromatic heterocycles. The third-order valence-corrected chi connectivity index (χ3v) is 4.99. The molecule has 0 amide bonds. The molecule has 0 aliphatic carbocycles. The molecule has 2 heterocycles. The van der Waals surface area contributed by atoms with Crippen LogP contribution in [0.4, 0.5) is 5.82 Å². The molecule has 6 heteroatoms. The minimum absolute atomic E-state index is 0.146. The standard InChI is InChI=1S/C22H26N4O2/c1-16-13-17(2)24-22(19(16)15-23)26-11-9-25(10-12-26)8-4-5-18-6-7-20(27)21(14-18)28-3/h4-7,13-14,27H,8-12H2,1-3H3/b5-4+. The normalized spacial score (nSPS) is 15.0. The lowest BCUT2D eigenvalue weighted by Gasteiger charge is -2.35. The van der Waals surface area contributed by atoms with Gasteiger partial charge in [0.25, 0.3) is 0 Å². The van der Waals surface area contributed by atoms with E-state index in [0.717, 1.165) is 55.4 Å². The van der Waals surface area contributed by atoms with Crippen LogP contribution in [-0.2, 0) is 0 Å². The lowest BCUT2D eigenvalue weighted by Crippen LogP contribution is -2.47. The number of hydrogen-bond acceptors (Lipinski definition) is 6. The molecule has 0 radical (unpaired) electrons. The molecule has 6 nitrogen and oxygen atoms in total. The van der Waals surface area contributed by atoms with Crippen molar-refractivity contribution < 1.29 is 9.84 Å². The molecule has 0 atom stereocenters. The second-order valence-corrected chi connectivity index (χ2v) is 7.01. The van der Waals surface area contributed by atoms with Crippen LogP contribution in [0.3, 0.4) is 0 Å². The van der Waals surface area contributed by atoms with Gasteiger partial charge in [-0.2, -0.15) is 5.26 Å². The summed E-state index contributed by atoms with van der Waals surface area (Å²) in [6.45, 7) is 8.33. The molecule has 1 N–H and O–H groups in total. The third-order valence-electron chi connectivity index (χ3n) is 4.99. The van der Waals surface area contributed by atoms with E-state index >= 15 is 0 Å². The summed E-state index contributed by atoms with van der Waals surface area (Å²) in [5.74, 6) is 1.43. The van der Waals surface area contributed by atoms with Gasteiger partial charge in [-0.3, -0.25) is 4.90 Å². The highest BCUT2D eigenvalue weighted by atomic mass is 16.5. The maximum atomic E-state index is 9.67. The van der Waals surface area contributed by atoms with Gasteiger partial charge in [0.05, 0.1) is 12.7 Å². The van der Waals surface area contributed by atoms with Crippen LogP contribution in [-0.4, -0.2) is 54.8 Å². The first-order valence-corrected chi connectivity index (χ1v) is 9.41. The molecule has 0 bridgehead atoms. The Morgan fingerprint density at radius 2 is 1.96 bits per heavy atom. The number of phenols is 1. The molecule has 1 fully saturated rings. The molecule has 2 aromatic rings. The molecular formula is C22H26N4O2. The second kappa shape index (κ2) is 8.77. The summed E-state index contributed by atoms with van der Waals surface area (Å²) in [4.78, 5) is 9.20. The number of piperazine rings is 1. The van der Waals surface area contributed by atoms with Gasteiger partial charge < -0.3 is 14.7 Å². The molecule has 1 aliphatic rings. The maximum Gasteiger partial charge on any atom is 0.161 e. The quantitative estimate of drug-likeness (QED) is 0.862. The Hall–Kier alpha value is -3.04. The second-order valence-electron chi connectivity index (χ2n) is 7.01. The number of benzene rings is 1. The minimum Gasteiger partial charge on any atom is -0.504 e.